The molecular weight excluding hydrogens is 1010 g/mol. The lowest BCUT2D eigenvalue weighted by Gasteiger charge is -2.21. The van der Waals surface area contributed by atoms with Gasteiger partial charge in [-0.1, -0.05) is 148 Å². The molecule has 2 heterocycles. The van der Waals surface area contributed by atoms with Crippen LogP contribution in [0, 0.1) is 0 Å². The van der Waals surface area contributed by atoms with Crippen molar-refractivity contribution in [2.45, 2.75) is 160 Å². The van der Waals surface area contributed by atoms with Gasteiger partial charge in [0.05, 0.1) is 19.3 Å². The number of aliphatic hydroxyl groups excluding tert-OH is 3. The van der Waals surface area contributed by atoms with Crippen LogP contribution in [-0.2, 0) is 46.3 Å². The Balaban J connectivity index is 1.87. The molecule has 0 radical (unpaired) electrons. The second-order valence-electron chi connectivity index (χ2n) is 17.1. The molecular formula is C54H81N3O16P2. The molecule has 418 valence electrons. The van der Waals surface area contributed by atoms with Crippen molar-refractivity contribution >= 4 is 33.4 Å². The van der Waals surface area contributed by atoms with E-state index < -0.39 is 89.8 Å². The molecule has 8 atom stereocenters. The number of aliphatic hydroxyl groups is 3. The molecule has 1 aliphatic rings. The van der Waals surface area contributed by atoms with Gasteiger partial charge in [-0.05, 0) is 89.5 Å². The highest BCUT2D eigenvalue weighted by Crippen LogP contribution is 2.60. The first kappa shape index (κ1) is 66.2. The topological polar surface area (TPSA) is 286 Å². The van der Waals surface area contributed by atoms with Gasteiger partial charge >= 0.3 is 33.3 Å². The molecule has 75 heavy (non-hydrogen) atoms. The number of carbonyl (C=O) groups is 2. The third kappa shape index (κ3) is 33.0. The predicted octanol–water partition coefficient (Wildman–Crippen LogP) is 9.74. The van der Waals surface area contributed by atoms with Gasteiger partial charge in [0.2, 0.25) is 0 Å². The largest absolute Gasteiger partial charge is 0.481 e. The van der Waals surface area contributed by atoms with Gasteiger partial charge in [-0.2, -0.15) is 9.29 Å². The van der Waals surface area contributed by atoms with Crippen molar-refractivity contribution in [2.75, 3.05) is 25.6 Å². The van der Waals surface area contributed by atoms with Gasteiger partial charge in [0.15, 0.2) is 12.3 Å². The van der Waals surface area contributed by atoms with Gasteiger partial charge < -0.3 is 45.1 Å². The number of phosphoric acid groups is 2. The van der Waals surface area contributed by atoms with Crippen LogP contribution in [0.3, 0.4) is 0 Å². The zero-order valence-electron chi connectivity index (χ0n) is 43.4. The van der Waals surface area contributed by atoms with E-state index in [-0.39, 0.29) is 18.7 Å². The van der Waals surface area contributed by atoms with E-state index >= 15 is 0 Å². The van der Waals surface area contributed by atoms with Gasteiger partial charge in [-0.3, -0.25) is 23.2 Å². The normalized spacial score (nSPS) is 20.2. The number of hydrogen-bond acceptors (Lipinski definition) is 16. The van der Waals surface area contributed by atoms with Crippen molar-refractivity contribution in [2.24, 2.45) is 0 Å². The lowest BCUT2D eigenvalue weighted by molar-refractivity contribution is -0.161. The minimum atomic E-state index is -5.47. The molecule has 1 aromatic rings. The summed E-state index contributed by atoms with van der Waals surface area (Å²) in [5, 5.41) is 30.4. The van der Waals surface area contributed by atoms with Gasteiger partial charge in [0.1, 0.15) is 30.7 Å². The fourth-order valence-corrected chi connectivity index (χ4v) is 8.69. The molecule has 2 rings (SSSR count). The Morgan fingerprint density at radius 1 is 0.707 bits per heavy atom. The van der Waals surface area contributed by atoms with E-state index in [1.54, 1.807) is 6.08 Å². The van der Waals surface area contributed by atoms with Crippen molar-refractivity contribution < 1.29 is 71.4 Å². The maximum absolute atomic E-state index is 12.9. The Labute approximate surface area is 442 Å². The minimum Gasteiger partial charge on any atom is -0.462 e. The van der Waals surface area contributed by atoms with Crippen molar-refractivity contribution in [3.8, 4) is 0 Å². The van der Waals surface area contributed by atoms with E-state index in [1.165, 1.54) is 25.3 Å². The number of nitrogens with two attached hydrogens (primary N) is 1. The Morgan fingerprint density at radius 2 is 1.24 bits per heavy atom. The van der Waals surface area contributed by atoms with Gasteiger partial charge in [-0.25, -0.2) is 13.9 Å². The van der Waals surface area contributed by atoms with Crippen LogP contribution in [0.4, 0.5) is 5.82 Å². The monoisotopic (exact) mass is 1090 g/mol. The number of aromatic nitrogens is 2. The number of unbranched alkanes of at least 4 members (excludes halogenated alkanes) is 4. The lowest BCUT2D eigenvalue weighted by atomic mass is 10.1. The maximum atomic E-state index is 12.9. The molecule has 2 unspecified atom stereocenters. The SMILES string of the molecule is CCCCC/C=C\C/C=C\C/C=C\C/C=C\C/C=C\CCC(=O)OC[C@H](COP(=O)(O)OP(=O)(O)OC[C@H]1O[C@@H](n2ccc(N)nc2=O)[C@H](O)[C@@H]1O)OC(=O)CCC/C=C\C/C=C\C/C=C\C/C=C\C=C\[C@H](O)CC. The number of nitrogen functional groups attached to an aromatic ring is 1. The second-order valence-corrected chi connectivity index (χ2v) is 20.2. The Kier molecular flexibility index (Phi) is 35.7. The number of esters is 2. The zero-order valence-corrected chi connectivity index (χ0v) is 45.2. The fraction of sp³-hybridized carbons (Fsp3) is 0.519. The van der Waals surface area contributed by atoms with Crippen molar-refractivity contribution in [1.29, 1.82) is 0 Å². The Hall–Kier alpha value is -4.88. The van der Waals surface area contributed by atoms with Gasteiger partial charge in [0, 0.05) is 19.0 Å². The smallest absolute Gasteiger partial charge is 0.462 e. The van der Waals surface area contributed by atoms with Crippen LogP contribution in [0.15, 0.2) is 139 Å². The quantitative estimate of drug-likeness (QED) is 0.0117. The Morgan fingerprint density at radius 3 is 1.80 bits per heavy atom. The summed E-state index contributed by atoms with van der Waals surface area (Å²) in [4.78, 5) is 61.9. The van der Waals surface area contributed by atoms with E-state index in [4.69, 9.17) is 29.0 Å². The first-order chi connectivity index (χ1) is 36.1. The average Bonchev–Trinajstić information content (AvgIpc) is 3.65. The molecule has 0 aromatic carbocycles. The maximum Gasteiger partial charge on any atom is 0.481 e. The zero-order chi connectivity index (χ0) is 55.0. The molecule has 1 aromatic heterocycles. The number of anilines is 1. The standard InChI is InChI=1S/C54H81N3O16P2/c1-3-5-6-7-8-9-10-11-12-13-14-15-16-20-23-26-29-32-35-38-49(59)68-42-46(71-50(60)39-36-33-30-27-24-21-18-17-19-22-25-28-31-34-37-45(58)4-2)43-69-74(64,65)73-75(66,67)70-44-47-51(61)52(62)53(72-47)57-41-40-48(55)56-54(57)63/h8-9,11-12,14-15,18-23,27-32,34,37,40-41,45-47,51-53,58,61-62H,3-7,10,13,16-17,24-26,33,35-36,38-39,42-44H2,1-2H3,(H,64,65)(H,66,67)(H2,55,56,63)/b9-8-,12-11-,15-14-,21-18-,22-19-,23-20-,30-27-,31-28-,32-29-,37-34+/t45-,46-,47-,51-,52-,53-/m1/s1. The van der Waals surface area contributed by atoms with Crippen molar-refractivity contribution in [3.63, 3.8) is 0 Å². The van der Waals surface area contributed by atoms with E-state index in [0.717, 1.165) is 49.3 Å². The molecule has 0 bridgehead atoms. The van der Waals surface area contributed by atoms with Crippen LogP contribution in [0.25, 0.3) is 0 Å². The summed E-state index contributed by atoms with van der Waals surface area (Å²) in [5.41, 5.74) is 4.57. The lowest BCUT2D eigenvalue weighted by Crippen LogP contribution is -2.36. The van der Waals surface area contributed by atoms with Crippen LogP contribution in [-0.4, -0.2) is 96.9 Å². The number of nitrogens with zero attached hydrogens (tertiary/aromatic N) is 2. The van der Waals surface area contributed by atoms with Crippen molar-refractivity contribution in [1.82, 2.24) is 9.55 Å². The summed E-state index contributed by atoms with van der Waals surface area (Å²) in [6.45, 7) is 1.65. The number of rotatable bonds is 40. The highest BCUT2D eigenvalue weighted by molar-refractivity contribution is 7.61. The number of ether oxygens (including phenoxy) is 3. The van der Waals surface area contributed by atoms with E-state index in [1.807, 2.05) is 67.7 Å². The molecule has 0 amide bonds. The summed E-state index contributed by atoms with van der Waals surface area (Å²) >= 11 is 0. The molecule has 21 heteroatoms. The summed E-state index contributed by atoms with van der Waals surface area (Å²) in [6.07, 6.45) is 45.4. The van der Waals surface area contributed by atoms with E-state index in [9.17, 15) is 48.6 Å². The third-order valence-electron chi connectivity index (χ3n) is 10.7. The molecule has 1 saturated heterocycles. The van der Waals surface area contributed by atoms with Crippen LogP contribution in [0.5, 0.6) is 0 Å². The van der Waals surface area contributed by atoms with Crippen LogP contribution in [0.2, 0.25) is 0 Å². The molecule has 19 nitrogen and oxygen atoms in total. The van der Waals surface area contributed by atoms with Crippen molar-refractivity contribution in [3.05, 3.63) is 144 Å². The number of phosphoric ester groups is 2. The summed E-state index contributed by atoms with van der Waals surface area (Å²) in [6, 6.07) is 1.23. The molecule has 0 saturated carbocycles. The van der Waals surface area contributed by atoms with Crippen LogP contribution in [0.1, 0.15) is 129 Å². The number of hydrogen-bond donors (Lipinski definition) is 6. The molecule has 0 aliphatic carbocycles. The predicted molar refractivity (Wildman–Crippen MR) is 290 cm³/mol. The van der Waals surface area contributed by atoms with Crippen LogP contribution < -0.4 is 11.4 Å². The summed E-state index contributed by atoms with van der Waals surface area (Å²) in [7, 11) is -10.9. The molecule has 7 N–H and O–H groups in total. The molecule has 0 spiro atoms. The van der Waals surface area contributed by atoms with Gasteiger partial charge in [-0.15, -0.1) is 0 Å². The number of allylic oxidation sites excluding steroid dienone is 19. The van der Waals surface area contributed by atoms with Crippen LogP contribution >= 0.6 is 15.6 Å². The van der Waals surface area contributed by atoms with Gasteiger partial charge in [0.25, 0.3) is 0 Å². The van der Waals surface area contributed by atoms with E-state index in [2.05, 4.69) is 70.9 Å². The molecule has 1 aliphatic heterocycles. The minimum absolute atomic E-state index is 0.0236. The highest BCUT2D eigenvalue weighted by atomic mass is 31.3. The third-order valence-corrected chi connectivity index (χ3v) is 13.3. The summed E-state index contributed by atoms with van der Waals surface area (Å²) in [5.74, 6) is -1.50. The average molecular weight is 1090 g/mol. The fourth-order valence-electron chi connectivity index (χ4n) is 6.58. The number of carbonyl (C=O) groups excluding carboxylic acids is 2. The molecule has 1 fully saturated rings. The second kappa shape index (κ2) is 40.4. The first-order valence-electron chi connectivity index (χ1n) is 25.7. The van der Waals surface area contributed by atoms with E-state index in [0.29, 0.717) is 38.5 Å². The highest BCUT2D eigenvalue weighted by Gasteiger charge is 2.46. The Bertz CT molecular complexity index is 2250. The first-order valence-corrected chi connectivity index (χ1v) is 28.6. The summed E-state index contributed by atoms with van der Waals surface area (Å²) < 4.78 is 56.6.